The minimum atomic E-state index is -0.486. The molecule has 1 aromatic rings. The van der Waals surface area contributed by atoms with Gasteiger partial charge in [-0.2, -0.15) is 5.26 Å². The zero-order valence-corrected chi connectivity index (χ0v) is 12.5. The molecular formula is C15H19N3O3. The van der Waals surface area contributed by atoms with Gasteiger partial charge >= 0.3 is 0 Å². The highest BCUT2D eigenvalue weighted by Crippen LogP contribution is 2.24. The van der Waals surface area contributed by atoms with Gasteiger partial charge in [0.05, 0.1) is 18.2 Å². The van der Waals surface area contributed by atoms with Crippen LogP contribution in [-0.4, -0.2) is 23.4 Å². The molecule has 112 valence electrons. The molecule has 0 aliphatic carbocycles. The minimum Gasteiger partial charge on any atom is -0.493 e. The minimum absolute atomic E-state index is 0.143. The van der Waals surface area contributed by atoms with Crippen LogP contribution < -0.4 is 10.6 Å². The van der Waals surface area contributed by atoms with Crippen molar-refractivity contribution in [2.75, 3.05) is 6.61 Å². The molecule has 6 heteroatoms. The molecule has 0 aliphatic heterocycles. The molecule has 0 spiro atoms. The Balaban J connectivity index is 2.53. The van der Waals surface area contributed by atoms with E-state index in [0.29, 0.717) is 23.6 Å². The van der Waals surface area contributed by atoms with Gasteiger partial charge in [0.15, 0.2) is 0 Å². The lowest BCUT2D eigenvalue weighted by atomic mass is 10.1. The van der Waals surface area contributed by atoms with E-state index >= 15 is 0 Å². The Morgan fingerprint density at radius 3 is 2.38 bits per heavy atom. The molecule has 0 unspecified atom stereocenters. The van der Waals surface area contributed by atoms with Crippen LogP contribution >= 0.6 is 0 Å². The molecule has 2 N–H and O–H groups in total. The van der Waals surface area contributed by atoms with Gasteiger partial charge in [0, 0.05) is 13.3 Å². The van der Waals surface area contributed by atoms with E-state index in [2.05, 4.69) is 6.07 Å². The largest absolute Gasteiger partial charge is 0.493 e. The first-order chi connectivity index (χ1) is 9.86. The SMILES string of the molecule is CC(=O)N(N)C(=O)CCCOc1c(C)cc(C#N)cc1C. The molecule has 6 nitrogen and oxygen atoms in total. The third kappa shape index (κ3) is 4.58. The number of nitrogens with zero attached hydrogens (tertiary/aromatic N) is 2. The summed E-state index contributed by atoms with van der Waals surface area (Å²) in [7, 11) is 0. The molecule has 0 aromatic heterocycles. The van der Waals surface area contributed by atoms with Gasteiger partial charge in [-0.3, -0.25) is 9.59 Å². The molecule has 0 saturated heterocycles. The molecule has 0 aliphatic rings. The van der Waals surface area contributed by atoms with Crippen LogP contribution in [0.3, 0.4) is 0 Å². The summed E-state index contributed by atoms with van der Waals surface area (Å²) in [5.41, 5.74) is 2.34. The van der Waals surface area contributed by atoms with E-state index in [1.807, 2.05) is 13.8 Å². The van der Waals surface area contributed by atoms with Crippen molar-refractivity contribution in [3.05, 3.63) is 28.8 Å². The van der Waals surface area contributed by atoms with E-state index in [9.17, 15) is 9.59 Å². The standard InChI is InChI=1S/C15H19N3O3/c1-10-7-13(9-16)8-11(2)15(10)21-6-4-5-14(20)18(17)12(3)19/h7-8H,4-6,17H2,1-3H3. The van der Waals surface area contributed by atoms with Crippen molar-refractivity contribution in [3.63, 3.8) is 0 Å². The number of hydrogen-bond acceptors (Lipinski definition) is 5. The van der Waals surface area contributed by atoms with Crippen LogP contribution in [0.1, 0.15) is 36.5 Å². The van der Waals surface area contributed by atoms with E-state index in [-0.39, 0.29) is 6.42 Å². The summed E-state index contributed by atoms with van der Waals surface area (Å²) < 4.78 is 5.65. The Kier molecular flexibility index (Phi) is 5.88. The Labute approximate surface area is 124 Å². The summed E-state index contributed by atoms with van der Waals surface area (Å²) in [6.45, 7) is 5.31. The summed E-state index contributed by atoms with van der Waals surface area (Å²) in [5.74, 6) is 5.10. The zero-order valence-electron chi connectivity index (χ0n) is 12.5. The van der Waals surface area contributed by atoms with Gasteiger partial charge in [-0.1, -0.05) is 0 Å². The highest BCUT2D eigenvalue weighted by molar-refractivity contribution is 5.93. The number of carbonyl (C=O) groups excluding carboxylic acids is 2. The number of imide groups is 1. The summed E-state index contributed by atoms with van der Waals surface area (Å²) in [6.07, 6.45) is 0.600. The van der Waals surface area contributed by atoms with Gasteiger partial charge in [-0.05, 0) is 43.5 Å². The molecule has 1 aromatic carbocycles. The first-order valence-corrected chi connectivity index (χ1v) is 6.59. The molecule has 0 heterocycles. The number of amides is 2. The molecule has 21 heavy (non-hydrogen) atoms. The van der Waals surface area contributed by atoms with Crippen LogP contribution in [0.5, 0.6) is 5.75 Å². The second kappa shape index (κ2) is 7.41. The smallest absolute Gasteiger partial charge is 0.243 e. The zero-order chi connectivity index (χ0) is 16.0. The van der Waals surface area contributed by atoms with Crippen LogP contribution in [0.15, 0.2) is 12.1 Å². The van der Waals surface area contributed by atoms with E-state index in [1.165, 1.54) is 6.92 Å². The van der Waals surface area contributed by atoms with Gasteiger partial charge < -0.3 is 4.74 Å². The number of hydrogen-bond donors (Lipinski definition) is 1. The lowest BCUT2D eigenvalue weighted by molar-refractivity contribution is -0.144. The monoisotopic (exact) mass is 289 g/mol. The van der Waals surface area contributed by atoms with Crippen molar-refractivity contribution in [2.24, 2.45) is 5.84 Å². The highest BCUT2D eigenvalue weighted by Gasteiger charge is 2.13. The van der Waals surface area contributed by atoms with Gasteiger partial charge in [-0.15, -0.1) is 0 Å². The fraction of sp³-hybridized carbons (Fsp3) is 0.400. The topological polar surface area (TPSA) is 96.4 Å². The number of rotatable bonds is 5. The maximum Gasteiger partial charge on any atom is 0.243 e. The predicted octanol–water partition coefficient (Wildman–Crippen LogP) is 1.58. The number of benzene rings is 1. The summed E-state index contributed by atoms with van der Waals surface area (Å²) in [5, 5.41) is 9.49. The van der Waals surface area contributed by atoms with E-state index in [4.69, 9.17) is 15.8 Å². The lowest BCUT2D eigenvalue weighted by Crippen LogP contribution is -2.41. The maximum atomic E-state index is 11.5. The molecule has 0 atom stereocenters. The molecule has 0 fully saturated rings. The molecule has 0 saturated carbocycles. The average molecular weight is 289 g/mol. The number of aryl methyl sites for hydroxylation is 2. The maximum absolute atomic E-state index is 11.5. The van der Waals surface area contributed by atoms with E-state index < -0.39 is 11.8 Å². The van der Waals surface area contributed by atoms with Crippen molar-refractivity contribution in [2.45, 2.75) is 33.6 Å². The normalized spacial score (nSPS) is 9.86. The van der Waals surface area contributed by atoms with Crippen LogP contribution in [0.4, 0.5) is 0 Å². The second-order valence-electron chi connectivity index (χ2n) is 4.79. The van der Waals surface area contributed by atoms with Gasteiger partial charge in [0.2, 0.25) is 11.8 Å². The van der Waals surface area contributed by atoms with Crippen LogP contribution in [0, 0.1) is 25.2 Å². The van der Waals surface area contributed by atoms with Gasteiger partial charge in [-0.25, -0.2) is 10.9 Å². The van der Waals surface area contributed by atoms with Gasteiger partial charge in [0.1, 0.15) is 5.75 Å². The predicted molar refractivity (Wildman–Crippen MR) is 77.1 cm³/mol. The number of nitrogens with two attached hydrogens (primary N) is 1. The van der Waals surface area contributed by atoms with Crippen molar-refractivity contribution in [1.29, 1.82) is 5.26 Å². The Bertz CT molecular complexity index is 567. The van der Waals surface area contributed by atoms with Gasteiger partial charge in [0.25, 0.3) is 0 Å². The van der Waals surface area contributed by atoms with Crippen molar-refractivity contribution in [1.82, 2.24) is 5.01 Å². The number of ether oxygens (including phenoxy) is 1. The van der Waals surface area contributed by atoms with Crippen molar-refractivity contribution in [3.8, 4) is 11.8 Å². The van der Waals surface area contributed by atoms with Crippen LogP contribution in [0.2, 0.25) is 0 Å². The molecule has 0 radical (unpaired) electrons. The fourth-order valence-electron chi connectivity index (χ4n) is 1.94. The molecular weight excluding hydrogens is 270 g/mol. The first kappa shape index (κ1) is 16.7. The average Bonchev–Trinajstić information content (AvgIpc) is 2.43. The molecule has 2 amide bonds. The number of nitriles is 1. The second-order valence-corrected chi connectivity index (χ2v) is 4.79. The van der Waals surface area contributed by atoms with Crippen molar-refractivity contribution >= 4 is 11.8 Å². The van der Waals surface area contributed by atoms with E-state index in [0.717, 1.165) is 16.9 Å². The Morgan fingerprint density at radius 1 is 1.33 bits per heavy atom. The third-order valence-electron chi connectivity index (χ3n) is 2.98. The number of hydrazine groups is 1. The highest BCUT2D eigenvalue weighted by atomic mass is 16.5. The third-order valence-corrected chi connectivity index (χ3v) is 2.98. The first-order valence-electron chi connectivity index (χ1n) is 6.59. The summed E-state index contributed by atoms with van der Waals surface area (Å²) >= 11 is 0. The molecule has 1 rings (SSSR count). The fourth-order valence-corrected chi connectivity index (χ4v) is 1.94. The van der Waals surface area contributed by atoms with Crippen LogP contribution in [0.25, 0.3) is 0 Å². The van der Waals surface area contributed by atoms with E-state index in [1.54, 1.807) is 12.1 Å². The number of carbonyl (C=O) groups is 2. The Hall–Kier alpha value is -2.39. The molecule has 0 bridgehead atoms. The quantitative estimate of drug-likeness (QED) is 0.384. The van der Waals surface area contributed by atoms with Crippen molar-refractivity contribution < 1.29 is 14.3 Å². The lowest BCUT2D eigenvalue weighted by Gasteiger charge is -2.14. The Morgan fingerprint density at radius 2 is 1.90 bits per heavy atom. The summed E-state index contributed by atoms with van der Waals surface area (Å²) in [4.78, 5) is 22.4. The summed E-state index contributed by atoms with van der Waals surface area (Å²) in [6, 6.07) is 5.60. The van der Waals surface area contributed by atoms with Crippen LogP contribution in [-0.2, 0) is 9.59 Å².